The molecule has 0 aliphatic carbocycles. The molecule has 0 spiro atoms. The van der Waals surface area contributed by atoms with Crippen LogP contribution < -0.4 is 0 Å². The van der Waals surface area contributed by atoms with Crippen molar-refractivity contribution >= 4 is 5.57 Å². The van der Waals surface area contributed by atoms with Crippen molar-refractivity contribution in [1.82, 2.24) is 0 Å². The van der Waals surface area contributed by atoms with Crippen molar-refractivity contribution in [3.8, 4) is 0 Å². The van der Waals surface area contributed by atoms with Gasteiger partial charge < -0.3 is 4.74 Å². The van der Waals surface area contributed by atoms with Crippen LogP contribution in [0, 0.1) is 0 Å². The molecule has 3 rings (SSSR count). The summed E-state index contributed by atoms with van der Waals surface area (Å²) in [6, 6.07) is 18.1. The standard InChI is InChI=1S/C16H12F2O/c17-16(18)13(11-7-3-1-4-8-11)15-14(19-15)12-9-5-2-6-10-12/h1-10,14-15H/t14-,15-/m0/s1. The van der Waals surface area contributed by atoms with Crippen LogP contribution in [0.5, 0.6) is 0 Å². The Morgan fingerprint density at radius 1 is 0.842 bits per heavy atom. The number of hydrogen-bond donors (Lipinski definition) is 0. The molecule has 1 fully saturated rings. The number of rotatable bonds is 3. The predicted octanol–water partition coefficient (Wildman–Crippen LogP) is 4.43. The third-order valence-corrected chi connectivity index (χ3v) is 3.19. The third kappa shape index (κ3) is 2.42. The van der Waals surface area contributed by atoms with Gasteiger partial charge in [-0.15, -0.1) is 0 Å². The van der Waals surface area contributed by atoms with E-state index >= 15 is 0 Å². The molecule has 0 saturated carbocycles. The summed E-state index contributed by atoms with van der Waals surface area (Å²) in [6.07, 6.45) is -2.48. The Bertz CT molecular complexity index is 589. The predicted molar refractivity (Wildman–Crippen MR) is 69.6 cm³/mol. The lowest BCUT2D eigenvalue weighted by Gasteiger charge is -2.03. The van der Waals surface area contributed by atoms with E-state index in [0.29, 0.717) is 5.56 Å². The van der Waals surface area contributed by atoms with Gasteiger partial charge in [0.25, 0.3) is 6.08 Å². The summed E-state index contributed by atoms with van der Waals surface area (Å²) in [6.45, 7) is 0. The van der Waals surface area contributed by atoms with E-state index in [-0.39, 0.29) is 11.7 Å². The van der Waals surface area contributed by atoms with E-state index in [2.05, 4.69) is 0 Å². The zero-order chi connectivity index (χ0) is 13.2. The molecule has 1 saturated heterocycles. The van der Waals surface area contributed by atoms with E-state index < -0.39 is 12.2 Å². The van der Waals surface area contributed by atoms with Gasteiger partial charge in [-0.1, -0.05) is 60.7 Å². The first kappa shape index (κ1) is 12.1. The maximum Gasteiger partial charge on any atom is 0.276 e. The van der Waals surface area contributed by atoms with Gasteiger partial charge in [0.2, 0.25) is 0 Å². The van der Waals surface area contributed by atoms with E-state index in [9.17, 15) is 8.78 Å². The molecule has 1 nitrogen and oxygen atoms in total. The summed E-state index contributed by atoms with van der Waals surface area (Å²) in [5, 5.41) is 0. The van der Waals surface area contributed by atoms with E-state index in [4.69, 9.17) is 4.74 Å². The fraction of sp³-hybridized carbons (Fsp3) is 0.125. The van der Waals surface area contributed by atoms with Crippen LogP contribution in [0.15, 0.2) is 66.7 Å². The molecular formula is C16H12F2O. The Balaban J connectivity index is 1.88. The van der Waals surface area contributed by atoms with Crippen LogP contribution in [-0.4, -0.2) is 6.10 Å². The number of halogens is 2. The Kier molecular flexibility index (Phi) is 3.13. The molecule has 0 unspecified atom stereocenters. The molecule has 2 atom stereocenters. The number of ether oxygens (including phenoxy) is 1. The smallest absolute Gasteiger partial charge is 0.276 e. The summed E-state index contributed by atoms with van der Waals surface area (Å²) in [5.41, 5.74) is 1.45. The van der Waals surface area contributed by atoms with Gasteiger partial charge in [0.15, 0.2) is 0 Å². The molecule has 1 aliphatic rings. The van der Waals surface area contributed by atoms with Crippen LogP contribution in [0.2, 0.25) is 0 Å². The van der Waals surface area contributed by atoms with Crippen molar-refractivity contribution in [2.45, 2.75) is 12.2 Å². The highest BCUT2D eigenvalue weighted by molar-refractivity contribution is 5.72. The highest BCUT2D eigenvalue weighted by Gasteiger charge is 2.45. The third-order valence-electron chi connectivity index (χ3n) is 3.19. The molecule has 0 amide bonds. The van der Waals surface area contributed by atoms with E-state index in [0.717, 1.165) is 5.56 Å². The molecule has 1 heterocycles. The fourth-order valence-electron chi connectivity index (χ4n) is 2.23. The van der Waals surface area contributed by atoms with Crippen molar-refractivity contribution in [3.05, 3.63) is 77.9 Å². The van der Waals surface area contributed by atoms with Crippen LogP contribution in [0.25, 0.3) is 5.57 Å². The van der Waals surface area contributed by atoms with E-state index in [1.165, 1.54) is 0 Å². The minimum Gasteiger partial charge on any atom is -0.359 e. The molecule has 0 bridgehead atoms. The van der Waals surface area contributed by atoms with Crippen LogP contribution >= 0.6 is 0 Å². The van der Waals surface area contributed by atoms with Gasteiger partial charge in [-0.2, -0.15) is 8.78 Å². The van der Waals surface area contributed by atoms with Gasteiger partial charge in [-0.25, -0.2) is 0 Å². The van der Waals surface area contributed by atoms with Gasteiger partial charge in [0.1, 0.15) is 12.2 Å². The average Bonchev–Trinajstić information content (AvgIpc) is 3.21. The van der Waals surface area contributed by atoms with Crippen molar-refractivity contribution in [2.24, 2.45) is 0 Å². The Morgan fingerprint density at radius 2 is 1.42 bits per heavy atom. The van der Waals surface area contributed by atoms with Crippen molar-refractivity contribution in [1.29, 1.82) is 0 Å². The summed E-state index contributed by atoms with van der Waals surface area (Å²) >= 11 is 0. The lowest BCUT2D eigenvalue weighted by Crippen LogP contribution is -1.96. The first-order valence-corrected chi connectivity index (χ1v) is 6.08. The minimum absolute atomic E-state index is 0.00514. The molecular weight excluding hydrogens is 246 g/mol. The van der Waals surface area contributed by atoms with Gasteiger partial charge in [-0.3, -0.25) is 0 Å². The van der Waals surface area contributed by atoms with E-state index in [1.807, 2.05) is 30.3 Å². The number of epoxide rings is 1. The Hall–Kier alpha value is -2.00. The normalized spacial score (nSPS) is 20.9. The number of benzene rings is 2. The molecule has 96 valence electrons. The summed E-state index contributed by atoms with van der Waals surface area (Å²) in [5.74, 6) is 0. The van der Waals surface area contributed by atoms with Crippen molar-refractivity contribution in [3.63, 3.8) is 0 Å². The average molecular weight is 258 g/mol. The first-order chi connectivity index (χ1) is 9.27. The fourth-order valence-corrected chi connectivity index (χ4v) is 2.23. The Labute approximate surface area is 110 Å². The zero-order valence-corrected chi connectivity index (χ0v) is 10.1. The second kappa shape index (κ2) is 4.94. The largest absolute Gasteiger partial charge is 0.359 e. The lowest BCUT2D eigenvalue weighted by molar-refractivity contribution is 0.385. The van der Waals surface area contributed by atoms with Crippen LogP contribution in [0.4, 0.5) is 8.78 Å². The van der Waals surface area contributed by atoms with Gasteiger partial charge >= 0.3 is 0 Å². The molecule has 2 aromatic rings. The molecule has 2 aromatic carbocycles. The molecule has 19 heavy (non-hydrogen) atoms. The zero-order valence-electron chi connectivity index (χ0n) is 10.1. The van der Waals surface area contributed by atoms with E-state index in [1.54, 1.807) is 30.3 Å². The second-order valence-electron chi connectivity index (χ2n) is 4.43. The molecule has 3 heteroatoms. The SMILES string of the molecule is FC(F)=C(c1ccccc1)[C@@H]1O[C@H]1c1ccccc1. The summed E-state index contributed by atoms with van der Waals surface area (Å²) < 4.78 is 31.8. The maximum atomic E-state index is 13.2. The molecule has 0 N–H and O–H groups in total. The number of hydrogen-bond acceptors (Lipinski definition) is 1. The lowest BCUT2D eigenvalue weighted by atomic mass is 9.99. The van der Waals surface area contributed by atoms with Gasteiger partial charge in [0.05, 0.1) is 5.57 Å². The highest BCUT2D eigenvalue weighted by atomic mass is 19.3. The second-order valence-corrected chi connectivity index (χ2v) is 4.43. The first-order valence-electron chi connectivity index (χ1n) is 6.08. The monoisotopic (exact) mass is 258 g/mol. The summed E-state index contributed by atoms with van der Waals surface area (Å²) in [4.78, 5) is 0. The minimum atomic E-state index is -1.67. The van der Waals surface area contributed by atoms with Crippen LogP contribution in [-0.2, 0) is 4.74 Å². The molecule has 0 radical (unpaired) electrons. The van der Waals surface area contributed by atoms with Crippen LogP contribution in [0.1, 0.15) is 17.2 Å². The van der Waals surface area contributed by atoms with Crippen molar-refractivity contribution in [2.75, 3.05) is 0 Å². The van der Waals surface area contributed by atoms with Crippen LogP contribution in [0.3, 0.4) is 0 Å². The van der Waals surface area contributed by atoms with Crippen molar-refractivity contribution < 1.29 is 13.5 Å². The maximum absolute atomic E-state index is 13.2. The highest BCUT2D eigenvalue weighted by Crippen LogP contribution is 2.47. The van der Waals surface area contributed by atoms with Gasteiger partial charge in [0, 0.05) is 0 Å². The Morgan fingerprint density at radius 3 is 2.00 bits per heavy atom. The van der Waals surface area contributed by atoms with Gasteiger partial charge in [-0.05, 0) is 11.1 Å². The topological polar surface area (TPSA) is 12.5 Å². The molecule has 1 aliphatic heterocycles. The molecule has 0 aromatic heterocycles. The quantitative estimate of drug-likeness (QED) is 0.742. The summed E-state index contributed by atoms with van der Waals surface area (Å²) in [7, 11) is 0.